The van der Waals surface area contributed by atoms with Crippen molar-refractivity contribution in [3.8, 4) is 28.4 Å². The summed E-state index contributed by atoms with van der Waals surface area (Å²) in [6.07, 6.45) is 0. The van der Waals surface area contributed by atoms with Crippen LogP contribution in [0.5, 0.6) is 5.75 Å². The molecule has 0 atom stereocenters. The second-order valence-electron chi connectivity index (χ2n) is 15.4. The van der Waals surface area contributed by atoms with Crippen LogP contribution in [0.25, 0.3) is 55.7 Å². The van der Waals surface area contributed by atoms with E-state index in [1.54, 1.807) is 67.6 Å². The van der Waals surface area contributed by atoms with Gasteiger partial charge >= 0.3 is 17.8 Å². The van der Waals surface area contributed by atoms with Crippen molar-refractivity contribution in [3.05, 3.63) is 113 Å². The van der Waals surface area contributed by atoms with E-state index in [-0.39, 0.29) is 61.2 Å². The van der Waals surface area contributed by atoms with Crippen molar-refractivity contribution in [3.63, 3.8) is 0 Å². The average molecular weight is 703 g/mol. The van der Waals surface area contributed by atoms with Crippen LogP contribution in [0, 0.1) is 6.92 Å². The minimum absolute atomic E-state index is 0.0299. The molecule has 1 aliphatic carbocycles. The fourth-order valence-electron chi connectivity index (χ4n) is 6.82. The molecule has 264 valence electrons. The molecule has 6 aromatic rings. The number of aryl methyl sites for hydroxylation is 1. The maximum absolute atomic E-state index is 16.6. The Hall–Kier alpha value is -4.92. The minimum Gasteiger partial charge on any atom is -0.508 e. The van der Waals surface area contributed by atoms with Crippen molar-refractivity contribution >= 4 is 33.1 Å². The van der Waals surface area contributed by atoms with Gasteiger partial charge in [-0.15, -0.1) is 0 Å². The van der Waals surface area contributed by atoms with E-state index in [9.17, 15) is 5.11 Å². The summed E-state index contributed by atoms with van der Waals surface area (Å²) < 4.78 is 110. The van der Waals surface area contributed by atoms with Crippen LogP contribution in [0.2, 0.25) is 0 Å². The molecular formula is C42H36F6O3. The van der Waals surface area contributed by atoms with Crippen molar-refractivity contribution < 1.29 is 40.3 Å². The molecule has 0 unspecified atom stereocenters. The molecule has 7 rings (SSSR count). The maximum atomic E-state index is 16.6. The molecule has 1 N–H and O–H groups in total. The van der Waals surface area contributed by atoms with Crippen LogP contribution in [0.4, 0.5) is 26.3 Å². The van der Waals surface area contributed by atoms with E-state index in [1.807, 2.05) is 41.5 Å². The van der Waals surface area contributed by atoms with Crippen molar-refractivity contribution in [1.82, 2.24) is 0 Å². The maximum Gasteiger partial charge on any atom is 0.380 e. The van der Waals surface area contributed by atoms with E-state index >= 15 is 26.3 Å². The summed E-state index contributed by atoms with van der Waals surface area (Å²) in [5, 5.41) is 10.1. The fourth-order valence-corrected chi connectivity index (χ4v) is 6.82. The number of allylic oxidation sites excluding steroid dienone is 2. The summed E-state index contributed by atoms with van der Waals surface area (Å²) in [6.45, 7) is 13.6. The van der Waals surface area contributed by atoms with Gasteiger partial charge in [0.05, 0.1) is 0 Å². The molecule has 0 bridgehead atoms. The Kier molecular flexibility index (Phi) is 7.47. The highest BCUT2D eigenvalue weighted by molar-refractivity contribution is 6.15. The van der Waals surface area contributed by atoms with Gasteiger partial charge < -0.3 is 13.9 Å². The Balaban J connectivity index is 1.63. The molecule has 0 amide bonds. The molecule has 0 spiro atoms. The van der Waals surface area contributed by atoms with Crippen molar-refractivity contribution in [2.24, 2.45) is 0 Å². The number of benzene rings is 4. The average Bonchev–Trinajstić information content (AvgIpc) is 3.62. The molecule has 9 heteroatoms. The predicted octanol–water partition coefficient (Wildman–Crippen LogP) is 13.0. The topological polar surface area (TPSA) is 46.5 Å². The second-order valence-corrected chi connectivity index (χ2v) is 15.4. The third kappa shape index (κ3) is 5.18. The van der Waals surface area contributed by atoms with Gasteiger partial charge in [-0.2, -0.15) is 26.3 Å². The summed E-state index contributed by atoms with van der Waals surface area (Å²) in [7, 11) is 0. The second kappa shape index (κ2) is 11.0. The Labute approximate surface area is 291 Å². The van der Waals surface area contributed by atoms with Gasteiger partial charge in [-0.3, -0.25) is 0 Å². The lowest BCUT2D eigenvalue weighted by atomic mass is 9.85. The summed E-state index contributed by atoms with van der Waals surface area (Å²) in [5.41, 5.74) is -2.06. The first-order valence-electron chi connectivity index (χ1n) is 16.5. The molecule has 51 heavy (non-hydrogen) atoms. The number of furan rings is 2. The van der Waals surface area contributed by atoms with E-state index in [4.69, 9.17) is 8.83 Å². The third-order valence-electron chi connectivity index (χ3n) is 9.71. The van der Waals surface area contributed by atoms with E-state index in [2.05, 4.69) is 0 Å². The number of fused-ring (bicyclic) bond motifs is 2. The van der Waals surface area contributed by atoms with Crippen LogP contribution in [0.3, 0.4) is 0 Å². The summed E-state index contributed by atoms with van der Waals surface area (Å²) >= 11 is 0. The zero-order valence-electron chi connectivity index (χ0n) is 29.1. The van der Waals surface area contributed by atoms with Gasteiger partial charge in [-0.1, -0.05) is 102 Å². The Morgan fingerprint density at radius 2 is 0.922 bits per heavy atom. The molecule has 0 fully saturated rings. The van der Waals surface area contributed by atoms with Gasteiger partial charge in [-0.05, 0) is 52.6 Å². The molecule has 1 aliphatic rings. The number of phenols is 1. The van der Waals surface area contributed by atoms with Gasteiger partial charge in [0.25, 0.3) is 0 Å². The van der Waals surface area contributed by atoms with Crippen LogP contribution in [0.1, 0.15) is 69.4 Å². The number of rotatable bonds is 4. The zero-order chi connectivity index (χ0) is 37.1. The highest BCUT2D eigenvalue weighted by Crippen LogP contribution is 2.67. The highest BCUT2D eigenvalue weighted by atomic mass is 19.3. The smallest absolute Gasteiger partial charge is 0.380 e. The van der Waals surface area contributed by atoms with Gasteiger partial charge in [0, 0.05) is 50.2 Å². The molecule has 0 saturated carbocycles. The molecular weight excluding hydrogens is 666 g/mol. The number of hydrogen-bond donors (Lipinski definition) is 1. The SMILES string of the molecule is Cc1ccc2c(C3=C(c4c(-c5ccc(C(C)(C)C)cc5)oc5cc(O)ccc45)C(F)(F)C(F)(F)C3(F)F)c(-c3ccc(C(C)(C)C)cc3)oc2c1. The molecule has 0 aliphatic heterocycles. The first kappa shape index (κ1) is 34.5. The summed E-state index contributed by atoms with van der Waals surface area (Å²) in [4.78, 5) is 0. The number of alkyl halides is 6. The Morgan fingerprint density at radius 1 is 0.529 bits per heavy atom. The summed E-state index contributed by atoms with van der Waals surface area (Å²) in [6, 6.07) is 21.4. The van der Waals surface area contributed by atoms with Gasteiger partial charge in [-0.25, -0.2) is 0 Å². The molecule has 3 nitrogen and oxygen atoms in total. The van der Waals surface area contributed by atoms with E-state index < -0.39 is 40.0 Å². The van der Waals surface area contributed by atoms with Crippen LogP contribution >= 0.6 is 0 Å². The van der Waals surface area contributed by atoms with E-state index in [0.717, 1.165) is 23.3 Å². The normalized spacial score (nSPS) is 17.2. The standard InChI is InChI=1S/C42H36F6O3/c1-22-8-18-28-30(20-22)50-36(23-9-13-25(14-10-23)38(2,3)4)32(28)34-35(41(45,46)42(47,48)40(34,43)44)33-29-19-17-27(49)21-31(29)51-37(33)24-11-15-26(16-12-24)39(5,6)7/h8-21,49H,1-7H3. The number of aromatic hydroxyl groups is 1. The molecule has 0 saturated heterocycles. The first-order valence-corrected chi connectivity index (χ1v) is 16.5. The largest absolute Gasteiger partial charge is 0.508 e. The van der Waals surface area contributed by atoms with Gasteiger partial charge in [0.1, 0.15) is 28.4 Å². The summed E-state index contributed by atoms with van der Waals surface area (Å²) in [5.74, 6) is -17.5. The number of phenolic OH excluding ortho intramolecular Hbond substituents is 1. The molecule has 2 aromatic heterocycles. The predicted molar refractivity (Wildman–Crippen MR) is 189 cm³/mol. The fraction of sp³-hybridized carbons (Fsp3) is 0.286. The Bertz CT molecular complexity index is 2200. The lowest BCUT2D eigenvalue weighted by molar-refractivity contribution is -0.254. The third-order valence-corrected chi connectivity index (χ3v) is 9.71. The van der Waals surface area contributed by atoms with E-state index in [0.29, 0.717) is 5.56 Å². The number of hydrogen-bond acceptors (Lipinski definition) is 3. The quantitative estimate of drug-likeness (QED) is 0.186. The lowest BCUT2D eigenvalue weighted by Crippen LogP contribution is -2.48. The molecule has 2 heterocycles. The van der Waals surface area contributed by atoms with Crippen molar-refractivity contribution in [2.75, 3.05) is 0 Å². The minimum atomic E-state index is -5.85. The van der Waals surface area contributed by atoms with Crippen LogP contribution in [-0.4, -0.2) is 22.9 Å². The monoisotopic (exact) mass is 702 g/mol. The van der Waals surface area contributed by atoms with Crippen molar-refractivity contribution in [2.45, 2.75) is 77.1 Å². The van der Waals surface area contributed by atoms with Gasteiger partial charge in [0.15, 0.2) is 0 Å². The lowest BCUT2D eigenvalue weighted by Gasteiger charge is -2.26. The molecule has 0 radical (unpaired) electrons. The zero-order valence-corrected chi connectivity index (χ0v) is 29.1. The van der Waals surface area contributed by atoms with Crippen LogP contribution < -0.4 is 0 Å². The molecule has 4 aromatic carbocycles. The van der Waals surface area contributed by atoms with Crippen LogP contribution in [-0.2, 0) is 10.8 Å². The number of halogens is 6. The van der Waals surface area contributed by atoms with Crippen molar-refractivity contribution in [1.29, 1.82) is 0 Å². The van der Waals surface area contributed by atoms with E-state index in [1.165, 1.54) is 12.1 Å². The Morgan fingerprint density at radius 3 is 1.33 bits per heavy atom. The first-order chi connectivity index (χ1) is 23.6. The highest BCUT2D eigenvalue weighted by Gasteiger charge is 2.81. The van der Waals surface area contributed by atoms with Gasteiger partial charge in [0.2, 0.25) is 0 Å². The van der Waals surface area contributed by atoms with Crippen LogP contribution in [0.15, 0.2) is 93.8 Å².